The highest BCUT2D eigenvalue weighted by molar-refractivity contribution is 5.61. The van der Waals surface area contributed by atoms with Gasteiger partial charge in [-0.1, -0.05) is 0 Å². The van der Waals surface area contributed by atoms with Crippen LogP contribution < -0.4 is 9.80 Å². The van der Waals surface area contributed by atoms with Crippen LogP contribution in [-0.2, 0) is 4.74 Å². The van der Waals surface area contributed by atoms with Crippen LogP contribution in [0, 0.1) is 0 Å². The zero-order valence-corrected chi connectivity index (χ0v) is 10.9. The van der Waals surface area contributed by atoms with Crippen LogP contribution in [0.25, 0.3) is 0 Å². The molecule has 2 rings (SSSR count). The van der Waals surface area contributed by atoms with E-state index in [2.05, 4.69) is 28.7 Å². The van der Waals surface area contributed by atoms with Crippen LogP contribution in [-0.4, -0.2) is 49.4 Å². The number of morpholine rings is 1. The molecule has 17 heavy (non-hydrogen) atoms. The molecule has 2 heterocycles. The first-order chi connectivity index (χ1) is 8.08. The minimum Gasteiger partial charge on any atom is -0.372 e. The van der Waals surface area contributed by atoms with E-state index in [-0.39, 0.29) is 12.2 Å². The molecule has 0 unspecified atom stereocenters. The molecule has 5 heteroatoms. The summed E-state index contributed by atoms with van der Waals surface area (Å²) in [6.45, 7) is 5.91. The zero-order chi connectivity index (χ0) is 12.4. The highest BCUT2D eigenvalue weighted by Crippen LogP contribution is 2.25. The van der Waals surface area contributed by atoms with Crippen molar-refractivity contribution in [1.82, 2.24) is 9.97 Å². The summed E-state index contributed by atoms with van der Waals surface area (Å²) in [7, 11) is 3.97. The molecule has 0 aliphatic carbocycles. The van der Waals surface area contributed by atoms with Crippen molar-refractivity contribution in [3.63, 3.8) is 0 Å². The van der Waals surface area contributed by atoms with Gasteiger partial charge in [0.1, 0.15) is 0 Å². The lowest BCUT2D eigenvalue weighted by molar-refractivity contribution is -0.00544. The van der Waals surface area contributed by atoms with Crippen molar-refractivity contribution in [3.05, 3.63) is 12.4 Å². The van der Waals surface area contributed by atoms with Crippen LogP contribution in [0.2, 0.25) is 0 Å². The summed E-state index contributed by atoms with van der Waals surface area (Å²) in [5, 5.41) is 0. The smallest absolute Gasteiger partial charge is 0.172 e. The molecule has 1 aromatic rings. The number of hydrogen-bond acceptors (Lipinski definition) is 5. The van der Waals surface area contributed by atoms with E-state index in [1.165, 1.54) is 0 Å². The topological polar surface area (TPSA) is 41.5 Å². The fourth-order valence-corrected chi connectivity index (χ4v) is 2.21. The Morgan fingerprint density at radius 1 is 1.18 bits per heavy atom. The van der Waals surface area contributed by atoms with Crippen LogP contribution >= 0.6 is 0 Å². The Morgan fingerprint density at radius 3 is 2.35 bits per heavy atom. The van der Waals surface area contributed by atoms with E-state index in [4.69, 9.17) is 4.74 Å². The Kier molecular flexibility index (Phi) is 3.47. The Morgan fingerprint density at radius 2 is 1.76 bits per heavy atom. The lowest BCUT2D eigenvalue weighted by atomic mass is 10.2. The van der Waals surface area contributed by atoms with Crippen molar-refractivity contribution < 1.29 is 4.74 Å². The summed E-state index contributed by atoms with van der Waals surface area (Å²) in [5.74, 6) is 1.85. The van der Waals surface area contributed by atoms with Gasteiger partial charge < -0.3 is 14.5 Å². The molecule has 1 aliphatic heterocycles. The number of ether oxygens (including phenoxy) is 1. The average Bonchev–Trinajstić information content (AvgIpc) is 2.27. The summed E-state index contributed by atoms with van der Waals surface area (Å²) < 4.78 is 5.73. The second kappa shape index (κ2) is 4.87. The summed E-state index contributed by atoms with van der Waals surface area (Å²) in [6.07, 6.45) is 3.94. The Balaban J connectivity index is 2.27. The number of anilines is 2. The van der Waals surface area contributed by atoms with Gasteiger partial charge in [-0.15, -0.1) is 0 Å². The van der Waals surface area contributed by atoms with Gasteiger partial charge in [0.15, 0.2) is 11.6 Å². The summed E-state index contributed by atoms with van der Waals surface area (Å²) in [6, 6.07) is 0. The Labute approximate surface area is 102 Å². The first-order valence-corrected chi connectivity index (χ1v) is 5.96. The second-order valence-corrected chi connectivity index (χ2v) is 4.76. The van der Waals surface area contributed by atoms with Gasteiger partial charge in [-0.25, -0.2) is 9.97 Å². The van der Waals surface area contributed by atoms with Crippen molar-refractivity contribution in [2.75, 3.05) is 37.0 Å². The SMILES string of the molecule is C[C@@H]1CN(c2nccnc2N(C)C)C[C@H](C)O1. The van der Waals surface area contributed by atoms with Crippen molar-refractivity contribution in [2.45, 2.75) is 26.1 Å². The molecule has 1 fully saturated rings. The molecule has 0 bridgehead atoms. The standard InChI is InChI=1S/C12H20N4O/c1-9-7-16(8-10(2)17-9)12-11(15(3)4)13-5-6-14-12/h5-6,9-10H,7-8H2,1-4H3/t9-,10+. The minimum atomic E-state index is 0.232. The molecule has 94 valence electrons. The molecular formula is C12H20N4O. The van der Waals surface area contributed by atoms with Gasteiger partial charge in [0.2, 0.25) is 0 Å². The molecule has 0 aromatic carbocycles. The second-order valence-electron chi connectivity index (χ2n) is 4.76. The normalized spacial score (nSPS) is 24.8. The monoisotopic (exact) mass is 236 g/mol. The third-order valence-electron chi connectivity index (χ3n) is 2.80. The van der Waals surface area contributed by atoms with E-state index in [1.807, 2.05) is 19.0 Å². The van der Waals surface area contributed by atoms with Crippen molar-refractivity contribution in [2.24, 2.45) is 0 Å². The van der Waals surface area contributed by atoms with Crippen LogP contribution in [0.4, 0.5) is 11.6 Å². The van der Waals surface area contributed by atoms with Gasteiger partial charge >= 0.3 is 0 Å². The van der Waals surface area contributed by atoms with Crippen LogP contribution in [0.5, 0.6) is 0 Å². The third kappa shape index (κ3) is 2.66. The zero-order valence-electron chi connectivity index (χ0n) is 10.9. The van der Waals surface area contributed by atoms with Gasteiger partial charge in [-0.3, -0.25) is 0 Å². The van der Waals surface area contributed by atoms with Crippen LogP contribution in [0.3, 0.4) is 0 Å². The summed E-state index contributed by atoms with van der Waals surface area (Å²) >= 11 is 0. The third-order valence-corrected chi connectivity index (χ3v) is 2.80. The molecule has 2 atom stereocenters. The number of nitrogens with zero attached hydrogens (tertiary/aromatic N) is 4. The van der Waals surface area contributed by atoms with Gasteiger partial charge in [-0.05, 0) is 13.8 Å². The highest BCUT2D eigenvalue weighted by Gasteiger charge is 2.25. The molecule has 1 saturated heterocycles. The molecule has 1 aromatic heterocycles. The van der Waals surface area contributed by atoms with E-state index in [0.717, 1.165) is 24.7 Å². The maximum atomic E-state index is 5.73. The van der Waals surface area contributed by atoms with Crippen molar-refractivity contribution in [1.29, 1.82) is 0 Å². The molecule has 1 aliphatic rings. The molecule has 0 radical (unpaired) electrons. The lowest BCUT2D eigenvalue weighted by Crippen LogP contribution is -2.46. The van der Waals surface area contributed by atoms with Crippen LogP contribution in [0.15, 0.2) is 12.4 Å². The Hall–Kier alpha value is -1.36. The number of rotatable bonds is 2. The number of hydrogen-bond donors (Lipinski definition) is 0. The van der Waals surface area contributed by atoms with Crippen LogP contribution in [0.1, 0.15) is 13.8 Å². The predicted octanol–water partition coefficient (Wildman–Crippen LogP) is 1.16. The minimum absolute atomic E-state index is 0.232. The molecule has 0 saturated carbocycles. The number of aromatic nitrogens is 2. The Bertz CT molecular complexity index is 373. The van der Waals surface area contributed by atoms with E-state index in [1.54, 1.807) is 12.4 Å². The molecule has 0 amide bonds. The maximum absolute atomic E-state index is 5.73. The first kappa shape index (κ1) is 12.1. The average molecular weight is 236 g/mol. The summed E-state index contributed by atoms with van der Waals surface area (Å²) in [4.78, 5) is 13.1. The molecular weight excluding hydrogens is 216 g/mol. The quantitative estimate of drug-likeness (QED) is 0.770. The maximum Gasteiger partial charge on any atom is 0.172 e. The van der Waals surface area contributed by atoms with Crippen molar-refractivity contribution >= 4 is 11.6 Å². The fourth-order valence-electron chi connectivity index (χ4n) is 2.21. The van der Waals surface area contributed by atoms with Crippen molar-refractivity contribution in [3.8, 4) is 0 Å². The van der Waals surface area contributed by atoms with E-state index >= 15 is 0 Å². The fraction of sp³-hybridized carbons (Fsp3) is 0.667. The summed E-state index contributed by atoms with van der Waals surface area (Å²) in [5.41, 5.74) is 0. The largest absolute Gasteiger partial charge is 0.372 e. The highest BCUT2D eigenvalue weighted by atomic mass is 16.5. The van der Waals surface area contributed by atoms with Gasteiger partial charge in [-0.2, -0.15) is 0 Å². The van der Waals surface area contributed by atoms with E-state index in [9.17, 15) is 0 Å². The predicted molar refractivity (Wildman–Crippen MR) is 68.6 cm³/mol. The first-order valence-electron chi connectivity index (χ1n) is 5.96. The van der Waals surface area contributed by atoms with Gasteiger partial charge in [0, 0.05) is 39.6 Å². The van der Waals surface area contributed by atoms with E-state index in [0.29, 0.717) is 0 Å². The lowest BCUT2D eigenvalue weighted by Gasteiger charge is -2.37. The van der Waals surface area contributed by atoms with Gasteiger partial charge in [0.05, 0.1) is 12.2 Å². The van der Waals surface area contributed by atoms with Gasteiger partial charge in [0.25, 0.3) is 0 Å². The van der Waals surface area contributed by atoms with E-state index < -0.39 is 0 Å². The molecule has 0 N–H and O–H groups in total. The molecule has 0 spiro atoms. The molecule has 5 nitrogen and oxygen atoms in total.